The first kappa shape index (κ1) is 14.6. The predicted octanol–water partition coefficient (Wildman–Crippen LogP) is 2.84. The van der Waals surface area contributed by atoms with Crippen molar-refractivity contribution in [2.75, 3.05) is 6.61 Å². The van der Waals surface area contributed by atoms with E-state index in [1.165, 1.54) is 5.56 Å². The van der Waals surface area contributed by atoms with Gasteiger partial charge in [-0.15, -0.1) is 0 Å². The van der Waals surface area contributed by atoms with Gasteiger partial charge in [-0.3, -0.25) is 0 Å². The largest absolute Gasteiger partial charge is 0.508 e. The molecule has 3 N–H and O–H groups in total. The van der Waals surface area contributed by atoms with Gasteiger partial charge >= 0.3 is 0 Å². The Balaban J connectivity index is 2.26. The molecule has 0 aliphatic heterocycles. The lowest BCUT2D eigenvalue weighted by molar-refractivity contribution is 0.266. The smallest absolute Gasteiger partial charge is 0.115 e. The first-order valence-corrected chi connectivity index (χ1v) is 6.91. The van der Waals surface area contributed by atoms with E-state index < -0.39 is 0 Å². The van der Waals surface area contributed by atoms with Gasteiger partial charge in [0.2, 0.25) is 0 Å². The SMILES string of the molecule is CC(CCO)NC(c1ccccc1)c1ccc(O)cc1. The molecule has 3 nitrogen and oxygen atoms in total. The fraction of sp³-hybridized carbons (Fsp3) is 0.294. The molecule has 0 amide bonds. The van der Waals surface area contributed by atoms with Gasteiger partial charge in [0, 0.05) is 12.6 Å². The molecule has 2 aromatic carbocycles. The summed E-state index contributed by atoms with van der Waals surface area (Å²) >= 11 is 0. The fourth-order valence-electron chi connectivity index (χ4n) is 2.26. The van der Waals surface area contributed by atoms with Gasteiger partial charge in [-0.2, -0.15) is 0 Å². The summed E-state index contributed by atoms with van der Waals surface area (Å²) in [6, 6.07) is 17.7. The number of hydrogen-bond acceptors (Lipinski definition) is 3. The molecule has 2 rings (SSSR count). The van der Waals surface area contributed by atoms with Crippen LogP contribution in [0.25, 0.3) is 0 Å². The molecule has 2 aromatic rings. The average Bonchev–Trinajstić information content (AvgIpc) is 2.47. The normalized spacial score (nSPS) is 13.9. The molecule has 20 heavy (non-hydrogen) atoms. The van der Waals surface area contributed by atoms with Crippen molar-refractivity contribution in [3.8, 4) is 5.75 Å². The molecule has 0 saturated carbocycles. The molecule has 2 unspecified atom stereocenters. The molecular formula is C17H21NO2. The number of rotatable bonds is 6. The fourth-order valence-corrected chi connectivity index (χ4v) is 2.26. The van der Waals surface area contributed by atoms with Crippen LogP contribution in [0.4, 0.5) is 0 Å². The van der Waals surface area contributed by atoms with Crippen molar-refractivity contribution in [2.24, 2.45) is 0 Å². The van der Waals surface area contributed by atoms with Crippen molar-refractivity contribution >= 4 is 0 Å². The van der Waals surface area contributed by atoms with Crippen LogP contribution in [0, 0.1) is 0 Å². The van der Waals surface area contributed by atoms with Crippen LogP contribution in [0.3, 0.4) is 0 Å². The Morgan fingerprint density at radius 3 is 2.15 bits per heavy atom. The number of hydrogen-bond donors (Lipinski definition) is 3. The predicted molar refractivity (Wildman–Crippen MR) is 80.7 cm³/mol. The van der Waals surface area contributed by atoms with Crippen molar-refractivity contribution in [3.05, 3.63) is 65.7 Å². The molecule has 0 spiro atoms. The second kappa shape index (κ2) is 7.08. The Bertz CT molecular complexity index is 510. The molecule has 0 bridgehead atoms. The summed E-state index contributed by atoms with van der Waals surface area (Å²) < 4.78 is 0. The topological polar surface area (TPSA) is 52.5 Å². The van der Waals surface area contributed by atoms with Crippen LogP contribution in [0.5, 0.6) is 5.75 Å². The minimum absolute atomic E-state index is 0.0540. The van der Waals surface area contributed by atoms with Gasteiger partial charge in [0.25, 0.3) is 0 Å². The highest BCUT2D eigenvalue weighted by molar-refractivity contribution is 5.35. The van der Waals surface area contributed by atoms with Gasteiger partial charge in [0.15, 0.2) is 0 Å². The lowest BCUT2D eigenvalue weighted by Crippen LogP contribution is -2.32. The quantitative estimate of drug-likeness (QED) is 0.757. The third kappa shape index (κ3) is 3.83. The monoisotopic (exact) mass is 271 g/mol. The van der Waals surface area contributed by atoms with E-state index in [9.17, 15) is 5.11 Å². The third-order valence-corrected chi connectivity index (χ3v) is 3.37. The van der Waals surface area contributed by atoms with Crippen molar-refractivity contribution < 1.29 is 10.2 Å². The molecular weight excluding hydrogens is 250 g/mol. The minimum Gasteiger partial charge on any atom is -0.508 e. The van der Waals surface area contributed by atoms with E-state index in [-0.39, 0.29) is 24.4 Å². The Morgan fingerprint density at radius 1 is 0.950 bits per heavy atom. The molecule has 106 valence electrons. The first-order chi connectivity index (χ1) is 9.70. The molecule has 0 heterocycles. The van der Waals surface area contributed by atoms with Crippen molar-refractivity contribution in [2.45, 2.75) is 25.4 Å². The van der Waals surface area contributed by atoms with Gasteiger partial charge < -0.3 is 15.5 Å². The second-order valence-corrected chi connectivity index (χ2v) is 5.02. The number of aliphatic hydroxyl groups excluding tert-OH is 1. The molecule has 3 heteroatoms. The average molecular weight is 271 g/mol. The molecule has 0 fully saturated rings. The maximum Gasteiger partial charge on any atom is 0.115 e. The van der Waals surface area contributed by atoms with E-state index in [0.29, 0.717) is 6.42 Å². The van der Waals surface area contributed by atoms with Crippen LogP contribution < -0.4 is 5.32 Å². The van der Waals surface area contributed by atoms with Gasteiger partial charge in [-0.25, -0.2) is 0 Å². The first-order valence-electron chi connectivity index (χ1n) is 6.91. The van der Waals surface area contributed by atoms with Crippen LogP contribution in [0.2, 0.25) is 0 Å². The summed E-state index contributed by atoms with van der Waals surface area (Å²) in [7, 11) is 0. The van der Waals surface area contributed by atoms with Gasteiger partial charge in [0.05, 0.1) is 6.04 Å². The van der Waals surface area contributed by atoms with Crippen LogP contribution >= 0.6 is 0 Å². The van der Waals surface area contributed by atoms with E-state index in [0.717, 1.165) is 5.56 Å². The van der Waals surface area contributed by atoms with Crippen LogP contribution in [0.15, 0.2) is 54.6 Å². The molecule has 0 radical (unpaired) electrons. The summed E-state index contributed by atoms with van der Waals surface area (Å²) in [5.41, 5.74) is 2.27. The van der Waals surface area contributed by atoms with E-state index in [2.05, 4.69) is 24.4 Å². The van der Waals surface area contributed by atoms with Gasteiger partial charge in [0.1, 0.15) is 5.75 Å². The lowest BCUT2D eigenvalue weighted by Gasteiger charge is -2.24. The zero-order chi connectivity index (χ0) is 14.4. The number of phenols is 1. The highest BCUT2D eigenvalue weighted by Crippen LogP contribution is 2.24. The Hall–Kier alpha value is -1.84. The summed E-state index contributed by atoms with van der Waals surface area (Å²) in [6.07, 6.45) is 0.710. The number of aliphatic hydroxyl groups is 1. The van der Waals surface area contributed by atoms with Crippen molar-refractivity contribution in [1.29, 1.82) is 0 Å². The number of aromatic hydroxyl groups is 1. The minimum atomic E-state index is 0.0540. The van der Waals surface area contributed by atoms with Crippen LogP contribution in [-0.2, 0) is 0 Å². The van der Waals surface area contributed by atoms with Crippen molar-refractivity contribution in [3.63, 3.8) is 0 Å². The number of benzene rings is 2. The highest BCUT2D eigenvalue weighted by atomic mass is 16.3. The standard InChI is InChI=1S/C17H21NO2/c1-13(11-12-19)18-17(14-5-3-2-4-6-14)15-7-9-16(20)10-8-15/h2-10,13,17-20H,11-12H2,1H3. The Morgan fingerprint density at radius 2 is 1.55 bits per heavy atom. The summed E-state index contributed by atoms with van der Waals surface area (Å²) in [5, 5.41) is 22.0. The summed E-state index contributed by atoms with van der Waals surface area (Å²) in [5.74, 6) is 0.268. The summed E-state index contributed by atoms with van der Waals surface area (Å²) in [6.45, 7) is 2.23. The van der Waals surface area contributed by atoms with E-state index in [1.54, 1.807) is 12.1 Å². The number of nitrogens with one attached hydrogen (secondary N) is 1. The maximum absolute atomic E-state index is 9.42. The molecule has 0 aromatic heterocycles. The van der Waals surface area contributed by atoms with Gasteiger partial charge in [-0.05, 0) is 36.6 Å². The highest BCUT2D eigenvalue weighted by Gasteiger charge is 2.16. The Kier molecular flexibility index (Phi) is 5.16. The second-order valence-electron chi connectivity index (χ2n) is 5.02. The van der Waals surface area contributed by atoms with Crippen molar-refractivity contribution in [1.82, 2.24) is 5.32 Å². The number of phenolic OH excluding ortho intramolecular Hbond substituents is 1. The lowest BCUT2D eigenvalue weighted by atomic mass is 9.97. The van der Waals surface area contributed by atoms with E-state index in [1.807, 2.05) is 30.3 Å². The van der Waals surface area contributed by atoms with Crippen LogP contribution in [-0.4, -0.2) is 22.9 Å². The zero-order valence-corrected chi connectivity index (χ0v) is 11.7. The third-order valence-electron chi connectivity index (χ3n) is 3.37. The van der Waals surface area contributed by atoms with Crippen LogP contribution in [0.1, 0.15) is 30.5 Å². The molecule has 0 aliphatic carbocycles. The van der Waals surface area contributed by atoms with E-state index >= 15 is 0 Å². The molecule has 2 atom stereocenters. The maximum atomic E-state index is 9.42. The van der Waals surface area contributed by atoms with E-state index in [4.69, 9.17) is 5.11 Å². The van der Waals surface area contributed by atoms with Gasteiger partial charge in [-0.1, -0.05) is 42.5 Å². The molecule has 0 saturated heterocycles. The zero-order valence-electron chi connectivity index (χ0n) is 11.7. The molecule has 0 aliphatic rings. The summed E-state index contributed by atoms with van der Waals surface area (Å²) in [4.78, 5) is 0. The Labute approximate surface area is 119 Å².